The number of benzene rings is 2. The van der Waals surface area contributed by atoms with Crippen LogP contribution in [0.25, 0.3) is 0 Å². The number of piperidine rings is 1. The molecule has 214 valence electrons. The van der Waals surface area contributed by atoms with Crippen molar-refractivity contribution in [1.82, 2.24) is 9.80 Å². The second-order valence-electron chi connectivity index (χ2n) is 12.3. The molecule has 2 fully saturated rings. The van der Waals surface area contributed by atoms with Crippen molar-refractivity contribution in [3.63, 3.8) is 0 Å². The maximum atomic E-state index is 13.3. The molecule has 2 aliphatic rings. The van der Waals surface area contributed by atoms with Crippen LogP contribution in [0.4, 0.5) is 24.5 Å². The lowest BCUT2D eigenvalue weighted by atomic mass is 9.87. The summed E-state index contributed by atoms with van der Waals surface area (Å²) >= 11 is 0. The fraction of sp³-hybridized carbons (Fsp3) is 0.581. The van der Waals surface area contributed by atoms with Gasteiger partial charge >= 0.3 is 6.18 Å². The number of hydrogen-bond acceptors (Lipinski definition) is 4. The molecule has 1 amide bonds. The van der Waals surface area contributed by atoms with Gasteiger partial charge < -0.3 is 15.1 Å². The quantitative estimate of drug-likeness (QED) is 0.472. The van der Waals surface area contributed by atoms with Gasteiger partial charge in [0.15, 0.2) is 0 Å². The van der Waals surface area contributed by atoms with E-state index in [1.54, 1.807) is 6.07 Å². The summed E-state index contributed by atoms with van der Waals surface area (Å²) in [5.41, 5.74) is 2.83. The lowest BCUT2D eigenvalue weighted by Crippen LogP contribution is -2.50. The Hall–Kier alpha value is -2.74. The van der Waals surface area contributed by atoms with Gasteiger partial charge in [-0.2, -0.15) is 13.2 Å². The third-order valence-corrected chi connectivity index (χ3v) is 8.14. The van der Waals surface area contributed by atoms with Crippen molar-refractivity contribution in [2.45, 2.75) is 65.1 Å². The number of carbonyl (C=O) groups is 1. The molecule has 4 rings (SSSR count). The Morgan fingerprint density at radius 1 is 0.949 bits per heavy atom. The lowest BCUT2D eigenvalue weighted by Gasteiger charge is -2.38. The van der Waals surface area contributed by atoms with Gasteiger partial charge in [0, 0.05) is 69.1 Å². The number of alkyl halides is 3. The lowest BCUT2D eigenvalue weighted by molar-refractivity contribution is -0.138. The Morgan fingerprint density at radius 3 is 2.13 bits per heavy atom. The number of piperazine rings is 1. The van der Waals surface area contributed by atoms with Crippen molar-refractivity contribution >= 4 is 17.3 Å². The Kier molecular flexibility index (Phi) is 8.84. The molecular formula is C31H43F3N4O. The maximum absolute atomic E-state index is 13.3. The third-order valence-electron chi connectivity index (χ3n) is 8.14. The number of aryl methyl sites for hydroxylation is 1. The van der Waals surface area contributed by atoms with Crippen molar-refractivity contribution in [2.75, 3.05) is 56.0 Å². The van der Waals surface area contributed by atoms with Crippen LogP contribution in [0.15, 0.2) is 42.5 Å². The molecule has 1 unspecified atom stereocenters. The number of anilines is 2. The fourth-order valence-corrected chi connectivity index (χ4v) is 5.64. The van der Waals surface area contributed by atoms with E-state index >= 15 is 0 Å². The largest absolute Gasteiger partial charge is 0.416 e. The highest BCUT2D eigenvalue weighted by Crippen LogP contribution is 2.34. The van der Waals surface area contributed by atoms with Crippen molar-refractivity contribution in [3.8, 4) is 0 Å². The van der Waals surface area contributed by atoms with Gasteiger partial charge in [-0.25, -0.2) is 0 Å². The van der Waals surface area contributed by atoms with Gasteiger partial charge in [0.1, 0.15) is 0 Å². The van der Waals surface area contributed by atoms with E-state index in [1.165, 1.54) is 30.3 Å². The predicted molar refractivity (Wildman–Crippen MR) is 152 cm³/mol. The molecule has 0 aromatic heterocycles. The Bertz CT molecular complexity index is 1110. The summed E-state index contributed by atoms with van der Waals surface area (Å²) in [5, 5.41) is 3.25. The highest BCUT2D eigenvalue weighted by molar-refractivity contribution is 5.78. The summed E-state index contributed by atoms with van der Waals surface area (Å²) in [6.07, 6.45) is -2.92. The van der Waals surface area contributed by atoms with E-state index in [0.717, 1.165) is 45.6 Å². The minimum atomic E-state index is -4.36. The number of nitrogens with zero attached hydrogens (tertiary/aromatic N) is 3. The molecule has 0 spiro atoms. The third kappa shape index (κ3) is 7.47. The number of hydrogen-bond donors (Lipinski definition) is 1. The van der Waals surface area contributed by atoms with Crippen molar-refractivity contribution in [2.24, 2.45) is 5.92 Å². The summed E-state index contributed by atoms with van der Waals surface area (Å²) in [4.78, 5) is 19.9. The number of amides is 1. The molecule has 1 atom stereocenters. The molecular weight excluding hydrogens is 501 g/mol. The van der Waals surface area contributed by atoms with Crippen LogP contribution in [-0.2, 0) is 16.4 Å². The Labute approximate surface area is 231 Å². The monoisotopic (exact) mass is 544 g/mol. The van der Waals surface area contributed by atoms with Gasteiger partial charge in [0.25, 0.3) is 0 Å². The number of carbonyl (C=O) groups excluding carboxylic acids is 1. The SMILES string of the molecule is Cc1ccc(NC2CCN(C(=O)C(C)CN3CCN(c4ccc(C(C)(C)C)cc4)CC3)CC2)cc1C(F)(F)F. The number of rotatable bonds is 6. The first-order valence-corrected chi connectivity index (χ1v) is 14.1. The van der Waals surface area contributed by atoms with Gasteiger partial charge in [0.05, 0.1) is 5.56 Å². The van der Waals surface area contributed by atoms with Gasteiger partial charge in [-0.3, -0.25) is 9.69 Å². The summed E-state index contributed by atoms with van der Waals surface area (Å²) < 4.78 is 39.8. The standard InChI is InChI=1S/C31H43F3N4O/c1-22-6-9-26(20-28(22)31(32,33)34)35-25-12-14-38(15-13-25)29(39)23(2)21-36-16-18-37(19-17-36)27-10-7-24(8-11-27)30(3,4)5/h6-11,20,23,25,35H,12-19,21H2,1-5H3. The Balaban J connectivity index is 1.21. The van der Waals surface area contributed by atoms with Crippen LogP contribution in [0.3, 0.4) is 0 Å². The van der Waals surface area contributed by atoms with E-state index in [9.17, 15) is 18.0 Å². The highest BCUT2D eigenvalue weighted by Gasteiger charge is 2.33. The minimum Gasteiger partial charge on any atom is -0.382 e. The summed E-state index contributed by atoms with van der Waals surface area (Å²) in [7, 11) is 0. The first-order valence-electron chi connectivity index (χ1n) is 14.1. The zero-order chi connectivity index (χ0) is 28.4. The normalized spacial score (nSPS) is 18.8. The van der Waals surface area contributed by atoms with Gasteiger partial charge in [-0.05, 0) is 60.6 Å². The van der Waals surface area contributed by atoms with Crippen LogP contribution in [0, 0.1) is 12.8 Å². The van der Waals surface area contributed by atoms with Gasteiger partial charge in [-0.15, -0.1) is 0 Å². The van der Waals surface area contributed by atoms with Gasteiger partial charge in [0.2, 0.25) is 5.91 Å². The number of nitrogens with one attached hydrogen (secondary N) is 1. The molecule has 5 nitrogen and oxygen atoms in total. The number of likely N-dealkylation sites (tertiary alicyclic amines) is 1. The summed E-state index contributed by atoms with van der Waals surface area (Å²) in [5.74, 6) is 0.0851. The molecule has 1 N–H and O–H groups in total. The summed E-state index contributed by atoms with van der Waals surface area (Å²) in [6.45, 7) is 15.9. The van der Waals surface area contributed by atoms with Crippen LogP contribution in [0.5, 0.6) is 0 Å². The van der Waals surface area contributed by atoms with Crippen molar-refractivity contribution in [3.05, 3.63) is 59.2 Å². The molecule has 2 saturated heterocycles. The Morgan fingerprint density at radius 2 is 1.56 bits per heavy atom. The van der Waals surface area contributed by atoms with E-state index in [0.29, 0.717) is 18.8 Å². The van der Waals surface area contributed by atoms with Crippen molar-refractivity contribution < 1.29 is 18.0 Å². The van der Waals surface area contributed by atoms with E-state index < -0.39 is 11.7 Å². The first-order chi connectivity index (χ1) is 18.3. The smallest absolute Gasteiger partial charge is 0.382 e. The molecule has 2 heterocycles. The van der Waals surface area contributed by atoms with E-state index in [-0.39, 0.29) is 28.8 Å². The van der Waals surface area contributed by atoms with E-state index in [2.05, 4.69) is 60.2 Å². The molecule has 8 heteroatoms. The fourth-order valence-electron chi connectivity index (χ4n) is 5.64. The van der Waals surface area contributed by atoms with Crippen LogP contribution < -0.4 is 10.2 Å². The van der Waals surface area contributed by atoms with E-state index in [1.807, 2.05) is 11.8 Å². The molecule has 0 aliphatic carbocycles. The zero-order valence-corrected chi connectivity index (χ0v) is 23.9. The highest BCUT2D eigenvalue weighted by atomic mass is 19.4. The average Bonchev–Trinajstić information content (AvgIpc) is 2.89. The first kappa shape index (κ1) is 29.2. The predicted octanol–water partition coefficient (Wildman–Crippen LogP) is 6.17. The molecule has 0 bridgehead atoms. The molecule has 0 radical (unpaired) electrons. The second-order valence-corrected chi connectivity index (χ2v) is 12.3. The molecule has 2 aromatic carbocycles. The molecule has 0 saturated carbocycles. The number of halogens is 3. The van der Waals surface area contributed by atoms with Crippen LogP contribution in [-0.4, -0.2) is 67.6 Å². The topological polar surface area (TPSA) is 38.8 Å². The van der Waals surface area contributed by atoms with Crippen LogP contribution in [0.1, 0.15) is 57.2 Å². The maximum Gasteiger partial charge on any atom is 0.416 e. The van der Waals surface area contributed by atoms with E-state index in [4.69, 9.17) is 0 Å². The second kappa shape index (κ2) is 11.8. The molecule has 2 aromatic rings. The zero-order valence-electron chi connectivity index (χ0n) is 23.9. The molecule has 39 heavy (non-hydrogen) atoms. The van der Waals surface area contributed by atoms with Gasteiger partial charge in [-0.1, -0.05) is 45.9 Å². The van der Waals surface area contributed by atoms with Crippen LogP contribution in [0.2, 0.25) is 0 Å². The summed E-state index contributed by atoms with van der Waals surface area (Å²) in [6, 6.07) is 13.3. The van der Waals surface area contributed by atoms with Crippen LogP contribution >= 0.6 is 0 Å². The average molecular weight is 545 g/mol. The molecule has 2 aliphatic heterocycles. The van der Waals surface area contributed by atoms with Crippen molar-refractivity contribution in [1.29, 1.82) is 0 Å². The minimum absolute atomic E-state index is 0.0543.